The number of nitrogens with zero attached hydrogens (tertiary/aromatic N) is 1. The summed E-state index contributed by atoms with van der Waals surface area (Å²) < 4.78 is 24.9. The van der Waals surface area contributed by atoms with E-state index in [-0.39, 0.29) is 24.6 Å². The molecule has 1 saturated heterocycles. The summed E-state index contributed by atoms with van der Waals surface area (Å²) in [5.74, 6) is 0.540. The number of halogens is 3. The topological polar surface area (TPSA) is 141 Å². The van der Waals surface area contributed by atoms with Crippen molar-refractivity contribution in [2.75, 3.05) is 48.2 Å². The van der Waals surface area contributed by atoms with Crippen LogP contribution < -0.4 is 20.3 Å². The highest BCUT2D eigenvalue weighted by Gasteiger charge is 2.46. The third kappa shape index (κ3) is 9.98. The number of amides is 2. The van der Waals surface area contributed by atoms with Crippen LogP contribution in [0.4, 0.5) is 15.8 Å². The zero-order valence-electron chi connectivity index (χ0n) is 22.4. The minimum atomic E-state index is -2.03. The Labute approximate surface area is 248 Å². The lowest BCUT2D eigenvalue weighted by molar-refractivity contribution is -0.261. The van der Waals surface area contributed by atoms with Gasteiger partial charge >= 0.3 is 0 Å². The zero-order valence-corrected chi connectivity index (χ0v) is 23.9. The first-order chi connectivity index (χ1) is 19.7. The zero-order chi connectivity index (χ0) is 29.8. The van der Waals surface area contributed by atoms with Gasteiger partial charge in [0.05, 0.1) is 13.2 Å². The van der Waals surface area contributed by atoms with Crippen molar-refractivity contribution in [3.8, 4) is 5.75 Å². The molecule has 0 aliphatic carbocycles. The number of carbonyl (C=O) groups is 2. The van der Waals surface area contributed by atoms with Gasteiger partial charge < -0.3 is 40.3 Å². The lowest BCUT2D eigenvalue weighted by atomic mass is 10.0. The van der Waals surface area contributed by atoms with Gasteiger partial charge in [0.15, 0.2) is 6.17 Å². The van der Waals surface area contributed by atoms with Crippen LogP contribution >= 0.6 is 23.2 Å². The van der Waals surface area contributed by atoms with Gasteiger partial charge in [0, 0.05) is 42.6 Å². The summed E-state index contributed by atoms with van der Waals surface area (Å²) in [6.07, 6.45) is -6.50. The molecule has 0 saturated carbocycles. The molecule has 10 nitrogen and oxygen atoms in total. The number of hydrogen-bond donors (Lipinski definition) is 5. The van der Waals surface area contributed by atoms with Crippen molar-refractivity contribution in [2.24, 2.45) is 0 Å². The quantitative estimate of drug-likeness (QED) is 0.192. The molecule has 0 spiro atoms. The molecule has 1 aliphatic rings. The van der Waals surface area contributed by atoms with Gasteiger partial charge in [-0.05, 0) is 54.8 Å². The molecule has 226 valence electrons. The Morgan fingerprint density at radius 2 is 1.63 bits per heavy atom. The molecule has 3 rings (SSSR count). The summed E-state index contributed by atoms with van der Waals surface area (Å²) in [4.78, 5) is 26.6. The van der Waals surface area contributed by atoms with Gasteiger partial charge in [-0.15, -0.1) is 23.2 Å². The maximum absolute atomic E-state index is 14.3. The van der Waals surface area contributed by atoms with Crippen LogP contribution in [0.25, 0.3) is 0 Å². The van der Waals surface area contributed by atoms with E-state index in [0.717, 1.165) is 11.3 Å². The first kappa shape index (κ1) is 32.8. The lowest BCUT2D eigenvalue weighted by Crippen LogP contribution is -2.58. The third-order valence-corrected chi connectivity index (χ3v) is 6.86. The molecular formula is C28H36Cl2FN3O7. The second-order valence-corrected chi connectivity index (χ2v) is 10.3. The molecule has 1 fully saturated rings. The molecule has 41 heavy (non-hydrogen) atoms. The van der Waals surface area contributed by atoms with Crippen LogP contribution in [0, 0.1) is 0 Å². The SMILES string of the molecule is O=C(CCCc1ccc(N(CCCl)CCCl)cc1)NCC(=O)Nc1ccc(O[C@@H]2O[C@H](CO)[C@@H](O)[C@H](O)[C@H]2F)cc1. The second-order valence-electron chi connectivity index (χ2n) is 9.50. The predicted molar refractivity (Wildman–Crippen MR) is 154 cm³/mol. The Hall–Kier alpha value is -2.67. The van der Waals surface area contributed by atoms with Crippen LogP contribution in [-0.2, 0) is 20.7 Å². The Morgan fingerprint density at radius 3 is 2.24 bits per heavy atom. The molecule has 2 amide bonds. The summed E-state index contributed by atoms with van der Waals surface area (Å²) in [6, 6.07) is 14.0. The van der Waals surface area contributed by atoms with E-state index < -0.39 is 43.3 Å². The maximum Gasteiger partial charge on any atom is 0.243 e. The first-order valence-corrected chi connectivity index (χ1v) is 14.4. The highest BCUT2D eigenvalue weighted by Crippen LogP contribution is 2.27. The van der Waals surface area contributed by atoms with Gasteiger partial charge in [0.2, 0.25) is 18.1 Å². The average molecular weight is 617 g/mol. The van der Waals surface area contributed by atoms with Crippen LogP contribution in [-0.4, -0.2) is 95.9 Å². The smallest absolute Gasteiger partial charge is 0.243 e. The summed E-state index contributed by atoms with van der Waals surface area (Å²) in [5, 5.41) is 34.0. The Kier molecular flexibility index (Phi) is 13.4. The predicted octanol–water partition coefficient (Wildman–Crippen LogP) is 2.20. The number of aryl methyl sites for hydroxylation is 1. The van der Waals surface area contributed by atoms with E-state index in [4.69, 9.17) is 32.7 Å². The summed E-state index contributed by atoms with van der Waals surface area (Å²) in [6.45, 7) is 0.598. The number of carbonyl (C=O) groups excluding carboxylic acids is 2. The van der Waals surface area contributed by atoms with Crippen molar-refractivity contribution in [1.29, 1.82) is 0 Å². The third-order valence-electron chi connectivity index (χ3n) is 6.52. The first-order valence-electron chi connectivity index (χ1n) is 13.3. The fourth-order valence-electron chi connectivity index (χ4n) is 4.26. The molecule has 2 aromatic rings. The molecule has 0 radical (unpaired) electrons. The normalized spacial score (nSPS) is 22.1. The van der Waals surface area contributed by atoms with E-state index in [0.29, 0.717) is 43.4 Å². The summed E-state index contributed by atoms with van der Waals surface area (Å²) in [7, 11) is 0. The van der Waals surface area contributed by atoms with Gasteiger partial charge in [-0.1, -0.05) is 12.1 Å². The Balaban J connectivity index is 1.36. The summed E-state index contributed by atoms with van der Waals surface area (Å²) in [5.41, 5.74) is 2.56. The van der Waals surface area contributed by atoms with Crippen molar-refractivity contribution in [3.05, 3.63) is 54.1 Å². The van der Waals surface area contributed by atoms with Gasteiger partial charge in [0.1, 0.15) is 24.1 Å². The highest BCUT2D eigenvalue weighted by atomic mass is 35.5. The average Bonchev–Trinajstić information content (AvgIpc) is 2.97. The van der Waals surface area contributed by atoms with Crippen LogP contribution in [0.1, 0.15) is 18.4 Å². The van der Waals surface area contributed by atoms with E-state index in [1.54, 1.807) is 0 Å². The molecule has 1 heterocycles. The van der Waals surface area contributed by atoms with Gasteiger partial charge in [0.25, 0.3) is 0 Å². The Morgan fingerprint density at radius 1 is 0.976 bits per heavy atom. The fourth-order valence-corrected chi connectivity index (χ4v) is 4.67. The van der Waals surface area contributed by atoms with Crippen LogP contribution in [0.3, 0.4) is 0 Å². The molecule has 0 aromatic heterocycles. The number of aliphatic hydroxyl groups excluding tert-OH is 3. The van der Waals surface area contributed by atoms with Crippen molar-refractivity contribution in [2.45, 2.75) is 50.0 Å². The number of rotatable bonds is 15. The molecular weight excluding hydrogens is 580 g/mol. The number of alkyl halides is 3. The molecule has 2 aromatic carbocycles. The van der Waals surface area contributed by atoms with Crippen LogP contribution in [0.5, 0.6) is 5.75 Å². The van der Waals surface area contributed by atoms with Crippen molar-refractivity contribution in [1.82, 2.24) is 5.32 Å². The number of benzene rings is 2. The number of nitrogens with one attached hydrogen (secondary N) is 2. The van der Waals surface area contributed by atoms with Gasteiger partial charge in [-0.3, -0.25) is 9.59 Å². The minimum Gasteiger partial charge on any atom is -0.462 e. The van der Waals surface area contributed by atoms with Crippen LogP contribution in [0.2, 0.25) is 0 Å². The standard InChI is InChI=1S/C28H36Cl2FN3O7/c29-12-14-34(15-13-30)20-8-4-18(5-9-20)2-1-3-23(36)32-16-24(37)33-19-6-10-21(11-7-19)40-28-25(31)27(39)26(38)22(17-35)41-28/h4-11,22,25-28,35,38-39H,1-3,12-17H2,(H,32,36)(H,33,37)/t22-,25-,26-,27-,28-/m1/s1. The minimum absolute atomic E-state index is 0.182. The molecule has 13 heteroatoms. The van der Waals surface area contributed by atoms with E-state index in [1.165, 1.54) is 24.3 Å². The molecule has 1 aliphatic heterocycles. The van der Waals surface area contributed by atoms with E-state index >= 15 is 0 Å². The molecule has 5 N–H and O–H groups in total. The van der Waals surface area contributed by atoms with Crippen molar-refractivity contribution in [3.63, 3.8) is 0 Å². The van der Waals surface area contributed by atoms with E-state index in [9.17, 15) is 29.3 Å². The van der Waals surface area contributed by atoms with Crippen molar-refractivity contribution >= 4 is 46.4 Å². The van der Waals surface area contributed by atoms with Crippen molar-refractivity contribution < 1.29 is 38.8 Å². The second kappa shape index (κ2) is 16.7. The number of aliphatic hydroxyl groups is 3. The highest BCUT2D eigenvalue weighted by molar-refractivity contribution is 6.18. The summed E-state index contributed by atoms with van der Waals surface area (Å²) >= 11 is 11.7. The van der Waals surface area contributed by atoms with Gasteiger partial charge in [-0.2, -0.15) is 0 Å². The monoisotopic (exact) mass is 615 g/mol. The van der Waals surface area contributed by atoms with Gasteiger partial charge in [-0.25, -0.2) is 4.39 Å². The largest absolute Gasteiger partial charge is 0.462 e. The fraction of sp³-hybridized carbons (Fsp3) is 0.500. The number of anilines is 2. The van der Waals surface area contributed by atoms with E-state index in [2.05, 4.69) is 15.5 Å². The molecule has 0 bridgehead atoms. The Bertz CT molecular complexity index is 1090. The lowest BCUT2D eigenvalue weighted by Gasteiger charge is -2.38. The molecule has 5 atom stereocenters. The number of ether oxygens (including phenoxy) is 2. The molecule has 0 unspecified atom stereocenters. The van der Waals surface area contributed by atoms with E-state index in [1.807, 2.05) is 24.3 Å². The number of hydrogen-bond acceptors (Lipinski definition) is 8. The maximum atomic E-state index is 14.3. The van der Waals surface area contributed by atoms with Crippen LogP contribution in [0.15, 0.2) is 48.5 Å².